The van der Waals surface area contributed by atoms with E-state index in [2.05, 4.69) is 10.6 Å². The van der Waals surface area contributed by atoms with Gasteiger partial charge < -0.3 is 20.3 Å². The molecule has 1 saturated heterocycles. The van der Waals surface area contributed by atoms with Crippen molar-refractivity contribution in [1.29, 1.82) is 0 Å². The lowest BCUT2D eigenvalue weighted by Gasteiger charge is -2.19. The Hall–Kier alpha value is -2.84. The van der Waals surface area contributed by atoms with Gasteiger partial charge in [0, 0.05) is 30.4 Å². The molecule has 0 aromatic heterocycles. The summed E-state index contributed by atoms with van der Waals surface area (Å²) in [6.07, 6.45) is -0.385. The zero-order chi connectivity index (χ0) is 16.1. The molecule has 0 unspecified atom stereocenters. The highest BCUT2D eigenvalue weighted by atomic mass is 16.6. The van der Waals surface area contributed by atoms with Crippen LogP contribution in [-0.2, 0) is 4.74 Å². The van der Waals surface area contributed by atoms with Crippen molar-refractivity contribution in [1.82, 2.24) is 10.2 Å². The topological polar surface area (TPSA) is 114 Å². The highest BCUT2D eigenvalue weighted by Gasteiger charge is 2.24. The maximum atomic E-state index is 11.8. The Morgan fingerprint density at radius 3 is 2.68 bits per heavy atom. The van der Waals surface area contributed by atoms with E-state index in [4.69, 9.17) is 4.74 Å². The molecule has 0 saturated carbocycles. The van der Waals surface area contributed by atoms with Crippen LogP contribution in [0.5, 0.6) is 0 Å². The largest absolute Gasteiger partial charge is 0.448 e. The minimum absolute atomic E-state index is 0.0492. The van der Waals surface area contributed by atoms with Crippen molar-refractivity contribution in [2.24, 2.45) is 0 Å². The Bertz CT molecular complexity index is 574. The zero-order valence-corrected chi connectivity index (χ0v) is 11.9. The molecule has 1 aliphatic rings. The molecule has 0 spiro atoms. The number of hydrogen-bond acceptors (Lipinski definition) is 5. The summed E-state index contributed by atoms with van der Waals surface area (Å²) in [5, 5.41) is 15.8. The molecule has 9 heteroatoms. The van der Waals surface area contributed by atoms with Gasteiger partial charge in [-0.05, 0) is 19.1 Å². The molecule has 118 valence electrons. The predicted octanol–water partition coefficient (Wildman–Crippen LogP) is 1.56. The molecule has 1 aromatic rings. The van der Waals surface area contributed by atoms with E-state index in [9.17, 15) is 19.7 Å². The molecular weight excluding hydrogens is 292 g/mol. The van der Waals surface area contributed by atoms with Gasteiger partial charge in [0.1, 0.15) is 6.61 Å². The summed E-state index contributed by atoms with van der Waals surface area (Å²) in [5.41, 5.74) is 0.391. The number of nitro groups is 1. The number of ether oxygens (including phenoxy) is 1. The lowest BCUT2D eigenvalue weighted by atomic mass is 10.3. The standard InChI is InChI=1S/C13H16N4O5/c1-9(8-16-6-7-22-13(16)19)14-12(18)15-10-2-4-11(5-3-10)17(20)21/h2-5,9H,6-8H2,1H3,(H2,14,15,18)/t9-/m1/s1. The number of rotatable bonds is 5. The average molecular weight is 308 g/mol. The Kier molecular flexibility index (Phi) is 4.77. The molecular formula is C13H16N4O5. The monoisotopic (exact) mass is 308 g/mol. The third-order valence-electron chi connectivity index (χ3n) is 3.05. The summed E-state index contributed by atoms with van der Waals surface area (Å²) in [7, 11) is 0. The molecule has 2 N–H and O–H groups in total. The fraction of sp³-hybridized carbons (Fsp3) is 0.385. The van der Waals surface area contributed by atoms with E-state index in [1.807, 2.05) is 0 Å². The summed E-state index contributed by atoms with van der Waals surface area (Å²) in [6, 6.07) is 4.79. The maximum absolute atomic E-state index is 11.8. The van der Waals surface area contributed by atoms with Crippen LogP contribution in [0.4, 0.5) is 21.0 Å². The van der Waals surface area contributed by atoms with Gasteiger partial charge in [0.05, 0.1) is 11.5 Å². The van der Waals surface area contributed by atoms with E-state index in [0.29, 0.717) is 25.4 Å². The number of urea groups is 1. The first-order valence-corrected chi connectivity index (χ1v) is 6.69. The molecule has 1 atom stereocenters. The average Bonchev–Trinajstić information content (AvgIpc) is 2.84. The number of nitro benzene ring substituents is 1. The number of non-ortho nitro benzene ring substituents is 1. The quantitative estimate of drug-likeness (QED) is 0.633. The van der Waals surface area contributed by atoms with Gasteiger partial charge in [0.2, 0.25) is 0 Å². The van der Waals surface area contributed by atoms with E-state index < -0.39 is 11.0 Å². The molecule has 22 heavy (non-hydrogen) atoms. The first kappa shape index (κ1) is 15.5. The maximum Gasteiger partial charge on any atom is 0.410 e. The summed E-state index contributed by atoms with van der Waals surface area (Å²) in [6.45, 7) is 2.99. The SMILES string of the molecule is C[C@H](CN1CCOC1=O)NC(=O)Nc1ccc([N+](=O)[O-])cc1. The molecule has 1 fully saturated rings. The Balaban J connectivity index is 1.81. The van der Waals surface area contributed by atoms with E-state index in [1.165, 1.54) is 29.2 Å². The minimum atomic E-state index is -0.513. The van der Waals surface area contributed by atoms with Crippen LogP contribution in [-0.4, -0.2) is 47.7 Å². The van der Waals surface area contributed by atoms with Crippen molar-refractivity contribution in [3.63, 3.8) is 0 Å². The fourth-order valence-electron chi connectivity index (χ4n) is 2.03. The molecule has 3 amide bonds. The van der Waals surface area contributed by atoms with Crippen LogP contribution >= 0.6 is 0 Å². The first-order valence-electron chi connectivity index (χ1n) is 6.69. The lowest BCUT2D eigenvalue weighted by molar-refractivity contribution is -0.384. The number of carbonyl (C=O) groups excluding carboxylic acids is 2. The van der Waals surface area contributed by atoms with Crippen molar-refractivity contribution >= 4 is 23.5 Å². The fourth-order valence-corrected chi connectivity index (χ4v) is 2.03. The van der Waals surface area contributed by atoms with Gasteiger partial charge in [0.15, 0.2) is 0 Å². The van der Waals surface area contributed by atoms with Gasteiger partial charge >= 0.3 is 12.1 Å². The van der Waals surface area contributed by atoms with Crippen molar-refractivity contribution in [3.05, 3.63) is 34.4 Å². The van der Waals surface area contributed by atoms with Crippen molar-refractivity contribution in [2.45, 2.75) is 13.0 Å². The van der Waals surface area contributed by atoms with Crippen LogP contribution in [0, 0.1) is 10.1 Å². The predicted molar refractivity (Wildman–Crippen MR) is 77.6 cm³/mol. The molecule has 1 heterocycles. The van der Waals surface area contributed by atoms with Crippen LogP contribution < -0.4 is 10.6 Å². The van der Waals surface area contributed by atoms with Crippen LogP contribution in [0.25, 0.3) is 0 Å². The summed E-state index contributed by atoms with van der Waals surface area (Å²) >= 11 is 0. The zero-order valence-electron chi connectivity index (χ0n) is 11.9. The van der Waals surface area contributed by atoms with Gasteiger partial charge in [0.25, 0.3) is 5.69 Å². The lowest BCUT2D eigenvalue weighted by Crippen LogP contribution is -2.44. The van der Waals surface area contributed by atoms with Gasteiger partial charge in [-0.25, -0.2) is 9.59 Å². The third kappa shape index (κ3) is 4.08. The number of hydrogen-bond donors (Lipinski definition) is 2. The number of carbonyl (C=O) groups is 2. The van der Waals surface area contributed by atoms with Gasteiger partial charge in [-0.3, -0.25) is 10.1 Å². The minimum Gasteiger partial charge on any atom is -0.448 e. The van der Waals surface area contributed by atoms with E-state index in [0.717, 1.165) is 0 Å². The van der Waals surface area contributed by atoms with Gasteiger partial charge in [-0.2, -0.15) is 0 Å². The number of benzene rings is 1. The third-order valence-corrected chi connectivity index (χ3v) is 3.05. The smallest absolute Gasteiger partial charge is 0.410 e. The molecule has 1 aromatic carbocycles. The van der Waals surface area contributed by atoms with E-state index in [1.54, 1.807) is 6.92 Å². The van der Waals surface area contributed by atoms with Crippen LogP contribution in [0.15, 0.2) is 24.3 Å². The van der Waals surface area contributed by atoms with Crippen LogP contribution in [0.1, 0.15) is 6.92 Å². The second kappa shape index (κ2) is 6.74. The van der Waals surface area contributed by atoms with Gasteiger partial charge in [-0.15, -0.1) is 0 Å². The first-order chi connectivity index (χ1) is 10.5. The van der Waals surface area contributed by atoms with Crippen molar-refractivity contribution in [3.8, 4) is 0 Å². The Labute approximate surface area is 126 Å². The van der Waals surface area contributed by atoms with E-state index in [-0.39, 0.29) is 17.8 Å². The summed E-state index contributed by atoms with van der Waals surface area (Å²) in [5.74, 6) is 0. The molecule has 0 radical (unpaired) electrons. The molecule has 2 rings (SSSR count). The molecule has 1 aliphatic heterocycles. The molecule has 0 aliphatic carbocycles. The number of nitrogens with one attached hydrogen (secondary N) is 2. The van der Waals surface area contributed by atoms with Crippen LogP contribution in [0.2, 0.25) is 0 Å². The van der Waals surface area contributed by atoms with Crippen molar-refractivity contribution < 1.29 is 19.2 Å². The van der Waals surface area contributed by atoms with Gasteiger partial charge in [-0.1, -0.05) is 0 Å². The highest BCUT2D eigenvalue weighted by molar-refractivity contribution is 5.89. The Morgan fingerprint density at radius 2 is 2.14 bits per heavy atom. The number of nitrogens with zero attached hydrogens (tertiary/aromatic N) is 2. The second-order valence-corrected chi connectivity index (χ2v) is 4.86. The number of anilines is 1. The Morgan fingerprint density at radius 1 is 1.45 bits per heavy atom. The normalized spacial score (nSPS) is 15.1. The summed E-state index contributed by atoms with van der Waals surface area (Å²) < 4.78 is 4.80. The van der Waals surface area contributed by atoms with E-state index >= 15 is 0 Å². The highest BCUT2D eigenvalue weighted by Crippen LogP contribution is 2.15. The van der Waals surface area contributed by atoms with Crippen molar-refractivity contribution in [2.75, 3.05) is 25.0 Å². The number of amides is 3. The second-order valence-electron chi connectivity index (χ2n) is 4.86. The molecule has 9 nitrogen and oxygen atoms in total. The summed E-state index contributed by atoms with van der Waals surface area (Å²) in [4.78, 5) is 34.6. The molecule has 0 bridgehead atoms. The number of cyclic esters (lactones) is 1. The van der Waals surface area contributed by atoms with Crippen LogP contribution in [0.3, 0.4) is 0 Å².